The van der Waals surface area contributed by atoms with Gasteiger partial charge < -0.3 is 24.6 Å². The minimum atomic E-state index is -1.14. The van der Waals surface area contributed by atoms with Crippen molar-refractivity contribution in [1.82, 2.24) is 5.32 Å². The van der Waals surface area contributed by atoms with E-state index in [1.165, 1.54) is 26.4 Å². The van der Waals surface area contributed by atoms with Gasteiger partial charge in [0.05, 0.1) is 18.7 Å². The van der Waals surface area contributed by atoms with Gasteiger partial charge in [0.15, 0.2) is 11.5 Å². The first kappa shape index (κ1) is 19.1. The fourth-order valence-corrected chi connectivity index (χ4v) is 2.14. The van der Waals surface area contributed by atoms with Crippen LogP contribution in [0.3, 0.4) is 0 Å². The van der Waals surface area contributed by atoms with Crippen LogP contribution in [0.25, 0.3) is 0 Å². The number of carbonyl (C=O) groups is 2. The first-order valence-corrected chi connectivity index (χ1v) is 7.35. The van der Waals surface area contributed by atoms with Gasteiger partial charge in [0.2, 0.25) is 0 Å². The summed E-state index contributed by atoms with van der Waals surface area (Å²) in [7, 11) is 2.88. The summed E-state index contributed by atoms with van der Waals surface area (Å²) in [6.45, 7) is 2.40. The van der Waals surface area contributed by atoms with Gasteiger partial charge in [0.1, 0.15) is 6.04 Å². The number of ether oxygens (including phenoxy) is 3. The van der Waals surface area contributed by atoms with Gasteiger partial charge in [0.25, 0.3) is 5.91 Å². The summed E-state index contributed by atoms with van der Waals surface area (Å²) in [6.07, 6.45) is 0.152. The Kier molecular flexibility index (Phi) is 7.64. The van der Waals surface area contributed by atoms with Crippen LogP contribution in [0.4, 0.5) is 0 Å². The lowest BCUT2D eigenvalue weighted by molar-refractivity contribution is -0.139. The summed E-state index contributed by atoms with van der Waals surface area (Å²) in [5.74, 6) is -1.08. The molecule has 1 aromatic rings. The highest BCUT2D eigenvalue weighted by atomic mass is 35.5. The zero-order chi connectivity index (χ0) is 17.4. The van der Waals surface area contributed by atoms with Crippen LogP contribution in [-0.2, 0) is 9.53 Å². The summed E-state index contributed by atoms with van der Waals surface area (Å²) in [5.41, 5.74) is 0.180. The van der Waals surface area contributed by atoms with Crippen molar-refractivity contribution in [2.24, 2.45) is 0 Å². The van der Waals surface area contributed by atoms with E-state index in [4.69, 9.17) is 30.9 Å². The smallest absolute Gasteiger partial charge is 0.326 e. The van der Waals surface area contributed by atoms with Crippen molar-refractivity contribution in [3.05, 3.63) is 22.7 Å². The van der Waals surface area contributed by atoms with Gasteiger partial charge in [-0.2, -0.15) is 0 Å². The molecular formula is C15H20ClNO6. The monoisotopic (exact) mass is 345 g/mol. The number of carboxylic acid groups (broad SMARTS) is 1. The van der Waals surface area contributed by atoms with E-state index in [2.05, 4.69) is 5.32 Å². The highest BCUT2D eigenvalue weighted by Crippen LogP contribution is 2.36. The number of halogens is 1. The molecule has 23 heavy (non-hydrogen) atoms. The first-order chi connectivity index (χ1) is 10.9. The Morgan fingerprint density at radius 2 is 2.04 bits per heavy atom. The van der Waals surface area contributed by atoms with Crippen molar-refractivity contribution in [3.8, 4) is 11.5 Å². The molecule has 1 unspecified atom stereocenters. The van der Waals surface area contributed by atoms with Crippen molar-refractivity contribution in [2.45, 2.75) is 19.4 Å². The Bertz CT molecular complexity index is 563. The van der Waals surface area contributed by atoms with Crippen molar-refractivity contribution < 1.29 is 28.9 Å². The van der Waals surface area contributed by atoms with Crippen LogP contribution >= 0.6 is 11.6 Å². The standard InChI is InChI=1S/C15H20ClNO6/c1-4-23-13-10(16)7-9(8-12(13)22-3)14(18)17-11(15(19)20)5-6-21-2/h7-8,11H,4-6H2,1-3H3,(H,17,18)(H,19,20). The maximum atomic E-state index is 12.2. The second-order valence-corrected chi connectivity index (χ2v) is 4.98. The molecule has 0 aliphatic carbocycles. The number of aliphatic carboxylic acids is 1. The average Bonchev–Trinajstić information content (AvgIpc) is 2.52. The minimum Gasteiger partial charge on any atom is -0.493 e. The second kappa shape index (κ2) is 9.22. The molecule has 1 rings (SSSR count). The molecule has 128 valence electrons. The fourth-order valence-electron chi connectivity index (χ4n) is 1.87. The zero-order valence-electron chi connectivity index (χ0n) is 13.2. The summed E-state index contributed by atoms with van der Waals surface area (Å²) < 4.78 is 15.4. The van der Waals surface area contributed by atoms with E-state index in [0.29, 0.717) is 18.1 Å². The van der Waals surface area contributed by atoms with Crippen molar-refractivity contribution in [2.75, 3.05) is 27.4 Å². The van der Waals surface area contributed by atoms with Gasteiger partial charge >= 0.3 is 5.97 Å². The lowest BCUT2D eigenvalue weighted by Gasteiger charge is -2.16. The van der Waals surface area contributed by atoms with Crippen LogP contribution in [0.5, 0.6) is 11.5 Å². The van der Waals surface area contributed by atoms with E-state index in [9.17, 15) is 9.59 Å². The van der Waals surface area contributed by atoms with E-state index in [-0.39, 0.29) is 23.6 Å². The number of benzene rings is 1. The summed E-state index contributed by atoms with van der Waals surface area (Å²) in [4.78, 5) is 23.4. The molecule has 8 heteroatoms. The molecule has 0 radical (unpaired) electrons. The van der Waals surface area contributed by atoms with Gasteiger partial charge in [-0.15, -0.1) is 0 Å². The Morgan fingerprint density at radius 3 is 2.57 bits per heavy atom. The third-order valence-corrected chi connectivity index (χ3v) is 3.28. The second-order valence-electron chi connectivity index (χ2n) is 4.57. The Morgan fingerprint density at radius 1 is 1.35 bits per heavy atom. The third kappa shape index (κ3) is 5.30. The molecule has 0 aliphatic heterocycles. The van der Waals surface area contributed by atoms with E-state index < -0.39 is 17.9 Å². The lowest BCUT2D eigenvalue weighted by Crippen LogP contribution is -2.41. The number of methoxy groups -OCH3 is 2. The number of hydrogen-bond acceptors (Lipinski definition) is 5. The summed E-state index contributed by atoms with van der Waals surface area (Å²) in [5, 5.41) is 11.8. The molecule has 1 atom stereocenters. The van der Waals surface area contributed by atoms with Gasteiger partial charge in [-0.25, -0.2) is 4.79 Å². The predicted octanol–water partition coefficient (Wildman–Crippen LogP) is 1.97. The normalized spacial score (nSPS) is 11.7. The molecule has 0 heterocycles. The van der Waals surface area contributed by atoms with E-state index in [1.807, 2.05) is 0 Å². The largest absolute Gasteiger partial charge is 0.493 e. The highest BCUT2D eigenvalue weighted by molar-refractivity contribution is 6.32. The van der Waals surface area contributed by atoms with Crippen LogP contribution in [0, 0.1) is 0 Å². The average molecular weight is 346 g/mol. The van der Waals surface area contributed by atoms with Crippen molar-refractivity contribution >= 4 is 23.5 Å². The maximum Gasteiger partial charge on any atom is 0.326 e. The summed E-state index contributed by atoms with van der Waals surface area (Å²) >= 11 is 6.10. The Hall–Kier alpha value is -1.99. The molecule has 0 saturated heterocycles. The number of hydrogen-bond donors (Lipinski definition) is 2. The van der Waals surface area contributed by atoms with Crippen LogP contribution in [-0.4, -0.2) is 50.5 Å². The predicted molar refractivity (Wildman–Crippen MR) is 84.6 cm³/mol. The van der Waals surface area contributed by atoms with Crippen LogP contribution in [0.1, 0.15) is 23.7 Å². The van der Waals surface area contributed by atoms with Gasteiger partial charge in [-0.3, -0.25) is 4.79 Å². The van der Waals surface area contributed by atoms with E-state index >= 15 is 0 Å². The maximum absolute atomic E-state index is 12.2. The molecule has 2 N–H and O–H groups in total. The van der Waals surface area contributed by atoms with Crippen molar-refractivity contribution in [3.63, 3.8) is 0 Å². The van der Waals surface area contributed by atoms with Crippen LogP contribution < -0.4 is 14.8 Å². The first-order valence-electron chi connectivity index (χ1n) is 6.97. The molecule has 0 bridgehead atoms. The topological polar surface area (TPSA) is 94.1 Å². The lowest BCUT2D eigenvalue weighted by atomic mass is 10.1. The summed E-state index contributed by atoms with van der Waals surface area (Å²) in [6, 6.07) is 1.79. The van der Waals surface area contributed by atoms with Gasteiger partial charge in [0, 0.05) is 25.7 Å². The van der Waals surface area contributed by atoms with Crippen molar-refractivity contribution in [1.29, 1.82) is 0 Å². The quantitative estimate of drug-likeness (QED) is 0.710. The molecule has 0 aliphatic rings. The molecular weight excluding hydrogens is 326 g/mol. The molecule has 0 saturated carbocycles. The number of carbonyl (C=O) groups excluding carboxylic acids is 1. The Balaban J connectivity index is 2.98. The van der Waals surface area contributed by atoms with Gasteiger partial charge in [-0.1, -0.05) is 11.6 Å². The van der Waals surface area contributed by atoms with E-state index in [0.717, 1.165) is 0 Å². The highest BCUT2D eigenvalue weighted by Gasteiger charge is 2.22. The number of nitrogens with one attached hydrogen (secondary N) is 1. The molecule has 1 amide bonds. The molecule has 0 fully saturated rings. The molecule has 0 aromatic heterocycles. The van der Waals surface area contributed by atoms with Crippen LogP contribution in [0.15, 0.2) is 12.1 Å². The minimum absolute atomic E-state index is 0.152. The molecule has 0 spiro atoms. The fraction of sp³-hybridized carbons (Fsp3) is 0.467. The van der Waals surface area contributed by atoms with Gasteiger partial charge in [-0.05, 0) is 19.1 Å². The molecule has 1 aromatic carbocycles. The zero-order valence-corrected chi connectivity index (χ0v) is 14.0. The number of carboxylic acids is 1. The number of rotatable bonds is 9. The number of amides is 1. The van der Waals surface area contributed by atoms with Crippen LogP contribution in [0.2, 0.25) is 5.02 Å². The Labute approximate surface area is 139 Å². The third-order valence-electron chi connectivity index (χ3n) is 2.99. The SMILES string of the molecule is CCOc1c(Cl)cc(C(=O)NC(CCOC)C(=O)O)cc1OC. The molecule has 7 nitrogen and oxygen atoms in total. The van der Waals surface area contributed by atoms with E-state index in [1.54, 1.807) is 6.92 Å².